The Kier molecular flexibility index (Phi) is 4.42. The van der Waals surface area contributed by atoms with Crippen LogP contribution < -0.4 is 5.32 Å². The zero-order chi connectivity index (χ0) is 14.7. The molecule has 0 saturated carbocycles. The molecule has 0 fully saturated rings. The van der Waals surface area contributed by atoms with Gasteiger partial charge in [0.15, 0.2) is 0 Å². The highest BCUT2D eigenvalue weighted by atomic mass is 32.1. The lowest BCUT2D eigenvalue weighted by molar-refractivity contribution is 0.557. The summed E-state index contributed by atoms with van der Waals surface area (Å²) in [6.07, 6.45) is 4.42. The van der Waals surface area contributed by atoms with E-state index in [0.29, 0.717) is 6.04 Å². The van der Waals surface area contributed by atoms with Gasteiger partial charge in [-0.2, -0.15) is 0 Å². The monoisotopic (exact) mass is 298 g/mol. The fourth-order valence-corrected chi connectivity index (χ4v) is 3.84. The van der Waals surface area contributed by atoms with Crippen LogP contribution in [-0.4, -0.2) is 11.1 Å². The minimum atomic E-state index is 0.412. The van der Waals surface area contributed by atoms with E-state index in [4.69, 9.17) is 0 Å². The zero-order valence-corrected chi connectivity index (χ0v) is 13.5. The molecular weight excluding hydrogens is 276 g/mol. The third kappa shape index (κ3) is 3.20. The SMILES string of the molecule is CC(NCCCc1cccn1C)c1csc2ccccc12. The molecule has 110 valence electrons. The standard InChI is InChI=1S/C18H22N2S/c1-14(17-13-21-18-10-4-3-9-16(17)18)19-11-5-7-15-8-6-12-20(15)2/h3-4,6,8-10,12-14,19H,5,7,11H2,1-2H3. The second-order valence-corrected chi connectivity index (χ2v) is 6.49. The van der Waals surface area contributed by atoms with Gasteiger partial charge >= 0.3 is 0 Å². The quantitative estimate of drug-likeness (QED) is 0.662. The molecule has 0 aliphatic rings. The van der Waals surface area contributed by atoms with E-state index in [1.165, 1.54) is 27.8 Å². The molecule has 1 unspecified atom stereocenters. The van der Waals surface area contributed by atoms with E-state index in [9.17, 15) is 0 Å². The summed E-state index contributed by atoms with van der Waals surface area (Å²) >= 11 is 1.84. The van der Waals surface area contributed by atoms with Gasteiger partial charge < -0.3 is 9.88 Å². The first kappa shape index (κ1) is 14.4. The predicted octanol–water partition coefficient (Wildman–Crippen LogP) is 4.52. The maximum absolute atomic E-state index is 3.66. The van der Waals surface area contributed by atoms with Gasteiger partial charge in [0.2, 0.25) is 0 Å². The predicted molar refractivity (Wildman–Crippen MR) is 92.0 cm³/mol. The van der Waals surface area contributed by atoms with E-state index in [2.05, 4.69) is 71.8 Å². The molecule has 1 aromatic carbocycles. The van der Waals surface area contributed by atoms with Crippen molar-refractivity contribution in [3.8, 4) is 0 Å². The van der Waals surface area contributed by atoms with Crippen molar-refractivity contribution in [1.82, 2.24) is 9.88 Å². The van der Waals surface area contributed by atoms with Crippen molar-refractivity contribution < 1.29 is 0 Å². The minimum Gasteiger partial charge on any atom is -0.354 e. The summed E-state index contributed by atoms with van der Waals surface area (Å²) < 4.78 is 3.58. The molecule has 3 rings (SSSR count). The number of rotatable bonds is 6. The largest absolute Gasteiger partial charge is 0.354 e. The van der Waals surface area contributed by atoms with Crippen LogP contribution in [0.4, 0.5) is 0 Å². The molecule has 3 heteroatoms. The Bertz CT molecular complexity index is 711. The highest BCUT2D eigenvalue weighted by Crippen LogP contribution is 2.29. The summed E-state index contributed by atoms with van der Waals surface area (Å²) in [5.74, 6) is 0. The van der Waals surface area contributed by atoms with Crippen LogP contribution in [0.5, 0.6) is 0 Å². The summed E-state index contributed by atoms with van der Waals surface area (Å²) in [6, 6.07) is 13.4. The van der Waals surface area contributed by atoms with Crippen molar-refractivity contribution >= 4 is 21.4 Å². The molecule has 0 aliphatic carbocycles. The third-order valence-corrected chi connectivity index (χ3v) is 5.07. The van der Waals surface area contributed by atoms with Crippen LogP contribution in [0.1, 0.15) is 30.6 Å². The van der Waals surface area contributed by atoms with E-state index < -0.39 is 0 Å². The van der Waals surface area contributed by atoms with Gasteiger partial charge in [0.25, 0.3) is 0 Å². The minimum absolute atomic E-state index is 0.412. The Hall–Kier alpha value is -1.58. The van der Waals surface area contributed by atoms with Gasteiger partial charge in [-0.05, 0) is 60.8 Å². The maximum Gasteiger partial charge on any atom is 0.0346 e. The van der Waals surface area contributed by atoms with Gasteiger partial charge in [0, 0.05) is 29.7 Å². The number of aryl methyl sites for hydroxylation is 2. The summed E-state index contributed by atoms with van der Waals surface area (Å²) in [6.45, 7) is 3.31. The smallest absolute Gasteiger partial charge is 0.0346 e. The first-order valence-corrected chi connectivity index (χ1v) is 8.43. The van der Waals surface area contributed by atoms with Crippen molar-refractivity contribution in [2.75, 3.05) is 6.54 Å². The molecule has 0 saturated heterocycles. The van der Waals surface area contributed by atoms with E-state index in [-0.39, 0.29) is 0 Å². The Labute approximate surface area is 130 Å². The van der Waals surface area contributed by atoms with Crippen LogP contribution >= 0.6 is 11.3 Å². The molecular formula is C18H22N2S. The van der Waals surface area contributed by atoms with E-state index in [1.54, 1.807) is 0 Å². The number of benzene rings is 1. The topological polar surface area (TPSA) is 17.0 Å². The maximum atomic E-state index is 3.66. The molecule has 0 radical (unpaired) electrons. The van der Waals surface area contributed by atoms with E-state index >= 15 is 0 Å². The number of thiophene rings is 1. The van der Waals surface area contributed by atoms with Crippen molar-refractivity contribution in [1.29, 1.82) is 0 Å². The zero-order valence-electron chi connectivity index (χ0n) is 12.7. The Morgan fingerprint density at radius 3 is 2.86 bits per heavy atom. The van der Waals surface area contributed by atoms with Gasteiger partial charge in [0.05, 0.1) is 0 Å². The fourth-order valence-electron chi connectivity index (χ4n) is 2.79. The summed E-state index contributed by atoms with van der Waals surface area (Å²) in [4.78, 5) is 0. The van der Waals surface area contributed by atoms with Crippen molar-refractivity contribution in [3.05, 3.63) is 59.2 Å². The molecule has 0 bridgehead atoms. The lowest BCUT2D eigenvalue weighted by atomic mass is 10.1. The summed E-state index contributed by atoms with van der Waals surface area (Å²) in [5.41, 5.74) is 2.83. The van der Waals surface area contributed by atoms with Gasteiger partial charge in [-0.1, -0.05) is 18.2 Å². The molecule has 21 heavy (non-hydrogen) atoms. The van der Waals surface area contributed by atoms with Crippen LogP contribution in [0.2, 0.25) is 0 Å². The van der Waals surface area contributed by atoms with Gasteiger partial charge in [-0.15, -0.1) is 11.3 Å². The number of aromatic nitrogens is 1. The third-order valence-electron chi connectivity index (χ3n) is 4.09. The summed E-state index contributed by atoms with van der Waals surface area (Å²) in [5, 5.41) is 7.34. The normalized spacial score (nSPS) is 12.9. The lowest BCUT2D eigenvalue weighted by Gasteiger charge is -2.13. The average Bonchev–Trinajstić information content (AvgIpc) is 3.10. The Morgan fingerprint density at radius 1 is 1.19 bits per heavy atom. The molecule has 0 amide bonds. The Balaban J connectivity index is 1.54. The first-order valence-electron chi connectivity index (χ1n) is 7.55. The number of hydrogen-bond acceptors (Lipinski definition) is 2. The lowest BCUT2D eigenvalue weighted by Crippen LogP contribution is -2.20. The molecule has 1 atom stereocenters. The van der Waals surface area contributed by atoms with Crippen molar-refractivity contribution in [2.24, 2.45) is 7.05 Å². The molecule has 2 heterocycles. The second kappa shape index (κ2) is 6.46. The van der Waals surface area contributed by atoms with Crippen LogP contribution in [0.3, 0.4) is 0 Å². The van der Waals surface area contributed by atoms with Gasteiger partial charge in [-0.3, -0.25) is 0 Å². The number of fused-ring (bicyclic) bond motifs is 1. The van der Waals surface area contributed by atoms with E-state index in [1.807, 2.05) is 11.3 Å². The first-order chi connectivity index (χ1) is 10.3. The van der Waals surface area contributed by atoms with Crippen molar-refractivity contribution in [2.45, 2.75) is 25.8 Å². The van der Waals surface area contributed by atoms with Crippen molar-refractivity contribution in [3.63, 3.8) is 0 Å². The molecule has 3 aromatic rings. The fraction of sp³-hybridized carbons (Fsp3) is 0.333. The second-order valence-electron chi connectivity index (χ2n) is 5.58. The van der Waals surface area contributed by atoms with Crippen LogP contribution in [0, 0.1) is 0 Å². The summed E-state index contributed by atoms with van der Waals surface area (Å²) in [7, 11) is 2.11. The Morgan fingerprint density at radius 2 is 2.05 bits per heavy atom. The molecule has 1 N–H and O–H groups in total. The molecule has 2 aromatic heterocycles. The molecule has 0 aliphatic heterocycles. The van der Waals surface area contributed by atoms with Crippen LogP contribution in [-0.2, 0) is 13.5 Å². The van der Waals surface area contributed by atoms with Gasteiger partial charge in [0.1, 0.15) is 0 Å². The highest BCUT2D eigenvalue weighted by Gasteiger charge is 2.10. The molecule has 2 nitrogen and oxygen atoms in total. The highest BCUT2D eigenvalue weighted by molar-refractivity contribution is 7.17. The number of nitrogens with one attached hydrogen (secondary N) is 1. The average molecular weight is 298 g/mol. The van der Waals surface area contributed by atoms with Crippen LogP contribution in [0.25, 0.3) is 10.1 Å². The van der Waals surface area contributed by atoms with Gasteiger partial charge in [-0.25, -0.2) is 0 Å². The van der Waals surface area contributed by atoms with E-state index in [0.717, 1.165) is 13.0 Å². The van der Waals surface area contributed by atoms with Crippen LogP contribution in [0.15, 0.2) is 48.0 Å². The number of hydrogen-bond donors (Lipinski definition) is 1. The molecule has 0 spiro atoms. The number of nitrogens with zero attached hydrogens (tertiary/aromatic N) is 1.